The molecule has 0 aromatic carbocycles. The molecule has 0 aromatic heterocycles. The summed E-state index contributed by atoms with van der Waals surface area (Å²) < 4.78 is 30.4. The first-order chi connectivity index (χ1) is 7.94. The Hall–Kier alpha value is -0.560. The van der Waals surface area contributed by atoms with Crippen molar-refractivity contribution in [3.63, 3.8) is 0 Å². The van der Waals surface area contributed by atoms with Crippen LogP contribution >= 0.6 is 0 Å². The van der Waals surface area contributed by atoms with Gasteiger partial charge in [-0.1, -0.05) is 0 Å². The van der Waals surface area contributed by atoms with Gasteiger partial charge in [-0.2, -0.15) is 8.80 Å². The van der Waals surface area contributed by atoms with Gasteiger partial charge in [0.25, 0.3) is 0 Å². The van der Waals surface area contributed by atoms with E-state index in [-0.39, 0.29) is 9.49 Å². The van der Waals surface area contributed by atoms with Crippen LogP contribution in [0.3, 0.4) is 0 Å². The molecule has 106 valence electrons. The molecule has 0 bridgehead atoms. The fourth-order valence-corrected chi connectivity index (χ4v) is 1.68. The van der Waals surface area contributed by atoms with Gasteiger partial charge >= 0.3 is 0 Å². The molecular weight excluding hydrogens is 270 g/mol. The van der Waals surface area contributed by atoms with Gasteiger partial charge in [0.05, 0.1) is 9.49 Å². The van der Waals surface area contributed by atoms with Crippen LogP contribution in [0.5, 0.6) is 0 Å². The van der Waals surface area contributed by atoms with Crippen molar-refractivity contribution in [1.29, 1.82) is 0 Å². The van der Waals surface area contributed by atoms with Crippen molar-refractivity contribution in [3.8, 4) is 0 Å². The topological polar surface area (TPSA) is 62.1 Å². The zero-order valence-electron chi connectivity index (χ0n) is 12.1. The lowest BCUT2D eigenvalue weighted by molar-refractivity contribution is 0.649. The van der Waals surface area contributed by atoms with Crippen LogP contribution in [0.1, 0.15) is 41.5 Å². The third-order valence-corrected chi connectivity index (χ3v) is 4.36. The molecule has 0 heterocycles. The molecule has 0 spiro atoms. The number of hydrogen-bond donors (Lipinski definition) is 0. The summed E-state index contributed by atoms with van der Waals surface area (Å²) in [5.74, 6) is 0. The zero-order chi connectivity index (χ0) is 14.6. The summed E-state index contributed by atoms with van der Waals surface area (Å²) in [5, 5.41) is 0. The Morgan fingerprint density at radius 1 is 0.833 bits per heavy atom. The van der Waals surface area contributed by atoms with E-state index >= 15 is 0 Å². The van der Waals surface area contributed by atoms with Crippen LogP contribution in [0, 0.1) is 0 Å². The van der Waals surface area contributed by atoms with Gasteiger partial charge in [0.15, 0.2) is 0 Å². The van der Waals surface area contributed by atoms with Gasteiger partial charge in [-0.15, -0.1) is 0 Å². The lowest BCUT2D eigenvalue weighted by Gasteiger charge is -2.15. The first kappa shape index (κ1) is 17.4. The van der Waals surface area contributed by atoms with Crippen LogP contribution in [0.2, 0.25) is 0 Å². The second-order valence-corrected chi connectivity index (χ2v) is 9.70. The summed E-state index contributed by atoms with van der Waals surface area (Å²) in [6.07, 6.45) is 2.84. The summed E-state index contributed by atoms with van der Waals surface area (Å²) in [6.45, 7) is 11.1. The van der Waals surface area contributed by atoms with E-state index in [1.807, 2.05) is 41.5 Å². The normalized spacial score (nSPS) is 17.3. The van der Waals surface area contributed by atoms with Crippen LogP contribution in [-0.2, 0) is 22.0 Å². The second-order valence-electron chi connectivity index (χ2n) is 5.83. The number of rotatable bonds is 4. The van der Waals surface area contributed by atoms with Gasteiger partial charge in [0.2, 0.25) is 0 Å². The molecule has 18 heavy (non-hydrogen) atoms. The standard InChI is InChI=1S/C11H23N3O2S2/c1-10(2,3)17(15)12-8-14(7)9-13-18(16)11(4,5)6/h8-9H,1-7H3/b12-8+,13-9+. The predicted octanol–water partition coefficient (Wildman–Crippen LogP) is 1.90. The Kier molecular flexibility index (Phi) is 6.36. The van der Waals surface area contributed by atoms with Crippen molar-refractivity contribution < 1.29 is 8.42 Å². The highest BCUT2D eigenvalue weighted by atomic mass is 32.2. The third kappa shape index (κ3) is 7.00. The molecule has 2 atom stereocenters. The minimum absolute atomic E-state index is 0.386. The highest BCUT2D eigenvalue weighted by molar-refractivity contribution is 7.85. The molecule has 2 unspecified atom stereocenters. The minimum atomic E-state index is -1.30. The van der Waals surface area contributed by atoms with E-state index in [0.717, 1.165) is 0 Å². The van der Waals surface area contributed by atoms with Gasteiger partial charge in [0, 0.05) is 7.05 Å². The van der Waals surface area contributed by atoms with Crippen molar-refractivity contribution in [2.24, 2.45) is 8.80 Å². The highest BCUT2D eigenvalue weighted by Crippen LogP contribution is 2.12. The molecular formula is C11H23N3O2S2. The van der Waals surface area contributed by atoms with Crippen LogP contribution in [-0.4, -0.2) is 42.5 Å². The fourth-order valence-electron chi connectivity index (χ4n) is 0.580. The maximum atomic E-state index is 11.6. The van der Waals surface area contributed by atoms with Gasteiger partial charge in [0.1, 0.15) is 34.6 Å². The molecule has 0 aromatic rings. The Morgan fingerprint density at radius 2 is 1.11 bits per heavy atom. The molecule has 0 saturated carbocycles. The van der Waals surface area contributed by atoms with E-state index in [9.17, 15) is 8.42 Å². The van der Waals surface area contributed by atoms with Crippen molar-refractivity contribution in [2.45, 2.75) is 51.0 Å². The quantitative estimate of drug-likeness (QED) is 0.587. The summed E-state index contributed by atoms with van der Waals surface area (Å²) in [7, 11) is -0.897. The molecule has 0 saturated heterocycles. The monoisotopic (exact) mass is 293 g/mol. The Bertz CT molecular complexity index is 343. The maximum Gasteiger partial charge on any atom is 0.146 e. The van der Waals surface area contributed by atoms with E-state index in [1.54, 1.807) is 7.05 Å². The largest absolute Gasteiger partial charge is 0.325 e. The summed E-state index contributed by atoms with van der Waals surface area (Å²) in [4.78, 5) is 1.54. The first-order valence-electron chi connectivity index (χ1n) is 5.59. The summed E-state index contributed by atoms with van der Waals surface area (Å²) >= 11 is 0. The minimum Gasteiger partial charge on any atom is -0.325 e. The van der Waals surface area contributed by atoms with Crippen molar-refractivity contribution in [2.75, 3.05) is 7.05 Å². The van der Waals surface area contributed by atoms with Gasteiger partial charge in [-0.05, 0) is 41.5 Å². The Morgan fingerprint density at radius 3 is 1.33 bits per heavy atom. The van der Waals surface area contributed by atoms with Crippen molar-refractivity contribution >= 4 is 34.6 Å². The molecule has 7 heteroatoms. The Balaban J connectivity index is 4.50. The molecule has 0 fully saturated rings. The molecule has 0 radical (unpaired) electrons. The SMILES string of the molecule is CN(/C=N/S(=O)C(C)(C)C)/C=N/S(=O)C(C)(C)C. The molecule has 0 rings (SSSR count). The van der Waals surface area contributed by atoms with Gasteiger partial charge in [-0.3, -0.25) is 0 Å². The third-order valence-electron chi connectivity index (χ3n) is 1.70. The summed E-state index contributed by atoms with van der Waals surface area (Å²) in [6, 6.07) is 0. The average molecular weight is 293 g/mol. The zero-order valence-corrected chi connectivity index (χ0v) is 13.8. The van der Waals surface area contributed by atoms with E-state index in [0.29, 0.717) is 0 Å². The second kappa shape index (κ2) is 6.56. The van der Waals surface area contributed by atoms with Crippen LogP contribution < -0.4 is 0 Å². The van der Waals surface area contributed by atoms with Crippen LogP contribution in [0.25, 0.3) is 0 Å². The van der Waals surface area contributed by atoms with Crippen molar-refractivity contribution in [1.82, 2.24) is 4.90 Å². The van der Waals surface area contributed by atoms with Gasteiger partial charge in [-0.25, -0.2) is 8.42 Å². The van der Waals surface area contributed by atoms with Crippen LogP contribution in [0.4, 0.5) is 0 Å². The molecule has 0 aliphatic carbocycles. The lowest BCUT2D eigenvalue weighted by atomic mass is 10.3. The van der Waals surface area contributed by atoms with E-state index in [1.165, 1.54) is 17.6 Å². The molecule has 0 amide bonds. The molecule has 0 aliphatic heterocycles. The predicted molar refractivity (Wildman–Crippen MR) is 80.5 cm³/mol. The number of nitrogens with zero attached hydrogens (tertiary/aromatic N) is 3. The van der Waals surface area contributed by atoms with E-state index in [2.05, 4.69) is 8.80 Å². The highest BCUT2D eigenvalue weighted by Gasteiger charge is 2.19. The number of hydrogen-bond acceptors (Lipinski definition) is 2. The van der Waals surface area contributed by atoms with Gasteiger partial charge < -0.3 is 4.90 Å². The Labute approximate surface area is 115 Å². The molecule has 0 N–H and O–H groups in total. The van der Waals surface area contributed by atoms with Crippen LogP contribution in [0.15, 0.2) is 8.80 Å². The maximum absolute atomic E-state index is 11.6. The van der Waals surface area contributed by atoms with Crippen molar-refractivity contribution in [3.05, 3.63) is 0 Å². The first-order valence-corrected chi connectivity index (χ1v) is 7.80. The lowest BCUT2D eigenvalue weighted by Crippen LogP contribution is -2.23. The average Bonchev–Trinajstić information content (AvgIpc) is 2.19. The van der Waals surface area contributed by atoms with E-state index in [4.69, 9.17) is 0 Å². The smallest absolute Gasteiger partial charge is 0.146 e. The fraction of sp³-hybridized carbons (Fsp3) is 0.818. The molecule has 5 nitrogen and oxygen atoms in total. The molecule has 0 aliphatic rings. The summed E-state index contributed by atoms with van der Waals surface area (Å²) in [5.41, 5.74) is 0. The van der Waals surface area contributed by atoms with E-state index < -0.39 is 22.0 Å².